The van der Waals surface area contributed by atoms with E-state index in [4.69, 9.17) is 4.74 Å². The number of amides is 1. The average Bonchev–Trinajstić information content (AvgIpc) is 2.09. The Kier molecular flexibility index (Phi) is 3.31. The largest absolute Gasteiger partial charge is 0.444 e. The van der Waals surface area contributed by atoms with Crippen LogP contribution in [0.5, 0.6) is 0 Å². The lowest BCUT2D eigenvalue weighted by atomic mass is 10.2. The van der Waals surface area contributed by atoms with Crippen LogP contribution in [0.15, 0.2) is 17.1 Å². The van der Waals surface area contributed by atoms with Crippen LogP contribution in [0.4, 0.5) is 14.9 Å². The normalized spacial score (nSPS) is 11.0. The van der Waals surface area contributed by atoms with Gasteiger partial charge < -0.3 is 9.72 Å². The minimum absolute atomic E-state index is 0.210. The molecule has 1 rings (SSSR count). The van der Waals surface area contributed by atoms with E-state index in [0.717, 1.165) is 0 Å². The summed E-state index contributed by atoms with van der Waals surface area (Å²) in [6.45, 7) is 5.04. The number of halogens is 1. The highest BCUT2D eigenvalue weighted by molar-refractivity contribution is 5.84. The van der Waals surface area contributed by atoms with Crippen LogP contribution in [-0.2, 0) is 4.74 Å². The zero-order valence-electron chi connectivity index (χ0n) is 9.26. The SMILES string of the molecule is CC(C)(C)OC(=O)Nc1cc[nH]c(=O)c1F. The zero-order chi connectivity index (χ0) is 12.3. The van der Waals surface area contributed by atoms with E-state index in [-0.39, 0.29) is 5.69 Å². The summed E-state index contributed by atoms with van der Waals surface area (Å²) in [6.07, 6.45) is 0.426. The molecule has 16 heavy (non-hydrogen) atoms. The van der Waals surface area contributed by atoms with Crippen molar-refractivity contribution in [2.45, 2.75) is 26.4 Å². The minimum Gasteiger partial charge on any atom is -0.444 e. The Morgan fingerprint density at radius 3 is 2.69 bits per heavy atom. The van der Waals surface area contributed by atoms with Gasteiger partial charge in [-0.2, -0.15) is 4.39 Å². The molecule has 0 saturated carbocycles. The fourth-order valence-electron chi connectivity index (χ4n) is 0.970. The molecule has 0 spiro atoms. The third-order valence-electron chi connectivity index (χ3n) is 1.54. The van der Waals surface area contributed by atoms with Crippen molar-refractivity contribution in [1.82, 2.24) is 4.98 Å². The molecule has 2 N–H and O–H groups in total. The van der Waals surface area contributed by atoms with E-state index in [9.17, 15) is 14.0 Å². The minimum atomic E-state index is -1.05. The molecule has 0 aromatic carbocycles. The van der Waals surface area contributed by atoms with Crippen molar-refractivity contribution < 1.29 is 13.9 Å². The number of carbonyl (C=O) groups excluding carboxylic acids is 1. The van der Waals surface area contributed by atoms with Gasteiger partial charge in [0.1, 0.15) is 5.60 Å². The van der Waals surface area contributed by atoms with Crippen molar-refractivity contribution in [3.05, 3.63) is 28.4 Å². The fraction of sp³-hybridized carbons (Fsp3) is 0.400. The monoisotopic (exact) mass is 228 g/mol. The first-order chi connectivity index (χ1) is 7.29. The molecule has 0 fully saturated rings. The first-order valence-corrected chi connectivity index (χ1v) is 4.67. The maximum absolute atomic E-state index is 13.2. The summed E-state index contributed by atoms with van der Waals surface area (Å²) in [5.74, 6) is -1.05. The van der Waals surface area contributed by atoms with E-state index < -0.39 is 23.1 Å². The molecule has 1 aromatic rings. The molecule has 0 radical (unpaired) electrons. The predicted molar refractivity (Wildman–Crippen MR) is 56.9 cm³/mol. The molecule has 0 unspecified atom stereocenters. The van der Waals surface area contributed by atoms with Gasteiger partial charge in [-0.3, -0.25) is 10.1 Å². The summed E-state index contributed by atoms with van der Waals surface area (Å²) in [4.78, 5) is 24.3. The van der Waals surface area contributed by atoms with Crippen LogP contribution < -0.4 is 10.9 Å². The van der Waals surface area contributed by atoms with Crippen molar-refractivity contribution in [3.8, 4) is 0 Å². The molecule has 6 heteroatoms. The summed E-state index contributed by atoms with van der Waals surface area (Å²) in [7, 11) is 0. The third kappa shape index (κ3) is 3.38. The Hall–Kier alpha value is -1.85. The van der Waals surface area contributed by atoms with Gasteiger partial charge in [0.2, 0.25) is 5.82 Å². The average molecular weight is 228 g/mol. The van der Waals surface area contributed by atoms with E-state index in [2.05, 4.69) is 10.3 Å². The number of rotatable bonds is 1. The standard InChI is InChI=1S/C10H13FN2O3/c1-10(2,3)16-9(15)13-6-4-5-12-8(14)7(6)11/h4-5H,1-3H3,(H2,12,13,14,15). The Labute approximate surface area is 91.6 Å². The molecule has 5 nitrogen and oxygen atoms in total. The molecule has 1 aromatic heterocycles. The second-order valence-corrected chi connectivity index (χ2v) is 4.16. The molecule has 0 atom stereocenters. The van der Waals surface area contributed by atoms with Crippen LogP contribution in [0.3, 0.4) is 0 Å². The zero-order valence-corrected chi connectivity index (χ0v) is 9.26. The summed E-state index contributed by atoms with van der Waals surface area (Å²) >= 11 is 0. The Morgan fingerprint density at radius 1 is 1.50 bits per heavy atom. The van der Waals surface area contributed by atoms with Crippen molar-refractivity contribution >= 4 is 11.8 Å². The van der Waals surface area contributed by atoms with Crippen LogP contribution in [0.25, 0.3) is 0 Å². The van der Waals surface area contributed by atoms with Crippen molar-refractivity contribution in [1.29, 1.82) is 0 Å². The molecular weight excluding hydrogens is 215 g/mol. The van der Waals surface area contributed by atoms with E-state index in [1.165, 1.54) is 12.3 Å². The Balaban J connectivity index is 2.78. The first kappa shape index (κ1) is 12.2. The smallest absolute Gasteiger partial charge is 0.412 e. The Bertz CT molecular complexity index is 448. The van der Waals surface area contributed by atoms with Crippen LogP contribution in [0, 0.1) is 5.82 Å². The van der Waals surface area contributed by atoms with E-state index >= 15 is 0 Å². The molecule has 0 bridgehead atoms. The van der Waals surface area contributed by atoms with Crippen molar-refractivity contribution in [3.63, 3.8) is 0 Å². The number of H-pyrrole nitrogens is 1. The summed E-state index contributed by atoms with van der Waals surface area (Å²) < 4.78 is 18.1. The van der Waals surface area contributed by atoms with Gasteiger partial charge in [0.05, 0.1) is 5.69 Å². The van der Waals surface area contributed by atoms with Crippen molar-refractivity contribution in [2.24, 2.45) is 0 Å². The molecule has 1 heterocycles. The molecule has 0 saturated heterocycles. The molecular formula is C10H13FN2O3. The van der Waals surface area contributed by atoms with Gasteiger partial charge in [-0.25, -0.2) is 4.79 Å². The first-order valence-electron chi connectivity index (χ1n) is 4.67. The second kappa shape index (κ2) is 4.34. The van der Waals surface area contributed by atoms with Gasteiger partial charge in [-0.15, -0.1) is 0 Å². The number of ether oxygens (including phenoxy) is 1. The van der Waals surface area contributed by atoms with Gasteiger partial charge in [0.15, 0.2) is 0 Å². The summed E-state index contributed by atoms with van der Waals surface area (Å²) in [5, 5.41) is 2.15. The molecule has 88 valence electrons. The summed E-state index contributed by atoms with van der Waals surface area (Å²) in [6, 6.07) is 1.24. The highest BCUT2D eigenvalue weighted by Crippen LogP contribution is 2.12. The van der Waals surface area contributed by atoms with E-state index in [1.807, 2.05) is 0 Å². The van der Waals surface area contributed by atoms with E-state index in [1.54, 1.807) is 20.8 Å². The van der Waals surface area contributed by atoms with Gasteiger partial charge in [-0.05, 0) is 26.8 Å². The maximum Gasteiger partial charge on any atom is 0.412 e. The second-order valence-electron chi connectivity index (χ2n) is 4.16. The molecule has 1 amide bonds. The molecule has 0 aliphatic carbocycles. The van der Waals surface area contributed by atoms with Crippen molar-refractivity contribution in [2.75, 3.05) is 5.32 Å². The number of pyridine rings is 1. The van der Waals surface area contributed by atoms with Gasteiger partial charge in [0.25, 0.3) is 5.56 Å². The lowest BCUT2D eigenvalue weighted by Gasteiger charge is -2.19. The molecule has 0 aliphatic heterocycles. The van der Waals surface area contributed by atoms with Gasteiger partial charge >= 0.3 is 6.09 Å². The number of nitrogens with one attached hydrogen (secondary N) is 2. The highest BCUT2D eigenvalue weighted by atomic mass is 19.1. The lowest BCUT2D eigenvalue weighted by Crippen LogP contribution is -2.28. The number of hydrogen-bond acceptors (Lipinski definition) is 3. The summed E-state index contributed by atoms with van der Waals surface area (Å²) in [5.41, 5.74) is -1.78. The van der Waals surface area contributed by atoms with Crippen LogP contribution >= 0.6 is 0 Å². The Morgan fingerprint density at radius 2 is 2.12 bits per heavy atom. The maximum atomic E-state index is 13.2. The number of carbonyl (C=O) groups is 1. The fourth-order valence-corrected chi connectivity index (χ4v) is 0.970. The number of aromatic nitrogens is 1. The molecule has 0 aliphatic rings. The van der Waals surface area contributed by atoms with Crippen LogP contribution in [0.1, 0.15) is 20.8 Å². The van der Waals surface area contributed by atoms with Gasteiger partial charge in [-0.1, -0.05) is 0 Å². The lowest BCUT2D eigenvalue weighted by molar-refractivity contribution is 0.0635. The topological polar surface area (TPSA) is 71.2 Å². The number of aromatic amines is 1. The van der Waals surface area contributed by atoms with Crippen LogP contribution in [0.2, 0.25) is 0 Å². The number of hydrogen-bond donors (Lipinski definition) is 2. The van der Waals surface area contributed by atoms with Crippen LogP contribution in [-0.4, -0.2) is 16.7 Å². The van der Waals surface area contributed by atoms with E-state index in [0.29, 0.717) is 0 Å². The highest BCUT2D eigenvalue weighted by Gasteiger charge is 2.17. The third-order valence-corrected chi connectivity index (χ3v) is 1.54. The quantitative estimate of drug-likeness (QED) is 0.770. The van der Waals surface area contributed by atoms with Gasteiger partial charge in [0, 0.05) is 6.20 Å². The predicted octanol–water partition coefficient (Wildman–Crippen LogP) is 1.86. The number of anilines is 1.